The first-order valence-electron chi connectivity index (χ1n) is 5.94. The second-order valence-corrected chi connectivity index (χ2v) is 4.96. The van der Waals surface area contributed by atoms with E-state index in [-0.39, 0.29) is 18.1 Å². The highest BCUT2D eigenvalue weighted by molar-refractivity contribution is 5.81. The van der Waals surface area contributed by atoms with E-state index in [1.807, 2.05) is 0 Å². The van der Waals surface area contributed by atoms with Gasteiger partial charge in [0.15, 0.2) is 0 Å². The summed E-state index contributed by atoms with van der Waals surface area (Å²) in [5.41, 5.74) is -0.323. The topological polar surface area (TPSA) is 107 Å². The van der Waals surface area contributed by atoms with Gasteiger partial charge in [0.25, 0.3) is 0 Å². The largest absolute Gasteiger partial charge is 0.480 e. The molecule has 7 heteroatoms. The minimum Gasteiger partial charge on any atom is -0.480 e. The molecule has 3 N–H and O–H groups in total. The predicted molar refractivity (Wildman–Crippen MR) is 59.3 cm³/mol. The third kappa shape index (κ3) is 2.15. The molecule has 18 heavy (non-hydrogen) atoms. The van der Waals surface area contributed by atoms with Crippen molar-refractivity contribution in [3.8, 4) is 0 Å². The van der Waals surface area contributed by atoms with Crippen molar-refractivity contribution in [3.63, 3.8) is 0 Å². The van der Waals surface area contributed by atoms with Gasteiger partial charge in [0, 0.05) is 24.7 Å². The molecule has 1 saturated heterocycles. The number of hydrogen-bond donors (Lipinski definition) is 3. The first-order valence-corrected chi connectivity index (χ1v) is 5.94. The van der Waals surface area contributed by atoms with E-state index in [0.717, 1.165) is 4.90 Å². The molecule has 1 heterocycles. The molecule has 1 aliphatic carbocycles. The van der Waals surface area contributed by atoms with E-state index in [1.165, 1.54) is 0 Å². The fraction of sp³-hybridized carbons (Fsp3) is 0.818. The molecule has 3 atom stereocenters. The Morgan fingerprint density at radius 3 is 2.56 bits per heavy atom. The van der Waals surface area contributed by atoms with Gasteiger partial charge in [-0.25, -0.2) is 9.59 Å². The number of carboxylic acid groups (broad SMARTS) is 2. The number of carbonyl (C=O) groups is 2. The smallest absolute Gasteiger partial charge is 0.408 e. The highest BCUT2D eigenvalue weighted by atomic mass is 16.5. The van der Waals surface area contributed by atoms with Crippen LogP contribution in [0.5, 0.6) is 0 Å². The number of aliphatic carboxylic acids is 1. The van der Waals surface area contributed by atoms with Gasteiger partial charge in [-0.3, -0.25) is 4.90 Å². The Labute approximate surface area is 104 Å². The van der Waals surface area contributed by atoms with Crippen LogP contribution in [0.2, 0.25) is 0 Å². The van der Waals surface area contributed by atoms with Crippen LogP contribution in [0.25, 0.3) is 0 Å². The molecule has 1 amide bonds. The van der Waals surface area contributed by atoms with Crippen LogP contribution in [0.15, 0.2) is 0 Å². The van der Waals surface area contributed by atoms with E-state index in [2.05, 4.69) is 0 Å². The Hall–Kier alpha value is -1.34. The van der Waals surface area contributed by atoms with Gasteiger partial charge in [0.2, 0.25) is 0 Å². The lowest BCUT2D eigenvalue weighted by Gasteiger charge is -2.20. The average Bonchev–Trinajstić information content (AvgIpc) is 2.89. The molecule has 2 fully saturated rings. The molecule has 102 valence electrons. The Balaban J connectivity index is 1.94. The molecule has 7 nitrogen and oxygen atoms in total. The van der Waals surface area contributed by atoms with E-state index < -0.39 is 18.1 Å². The van der Waals surface area contributed by atoms with Crippen LogP contribution in [-0.2, 0) is 9.53 Å². The number of likely N-dealkylation sites (tertiary alicyclic amines) is 1. The number of aliphatic hydroxyl groups is 1. The van der Waals surface area contributed by atoms with Crippen LogP contribution in [0, 0.1) is 5.41 Å². The van der Waals surface area contributed by atoms with Gasteiger partial charge in [-0.05, 0) is 19.3 Å². The van der Waals surface area contributed by atoms with Gasteiger partial charge in [-0.2, -0.15) is 0 Å². The Morgan fingerprint density at radius 2 is 2.06 bits per heavy atom. The highest BCUT2D eigenvalue weighted by Gasteiger charge is 2.67. The first-order chi connectivity index (χ1) is 8.52. The fourth-order valence-electron chi connectivity index (χ4n) is 2.77. The number of carboxylic acids is 1. The van der Waals surface area contributed by atoms with E-state index in [1.54, 1.807) is 0 Å². The Bertz CT molecular complexity index is 359. The zero-order valence-electron chi connectivity index (χ0n) is 9.91. The molecule has 0 bridgehead atoms. The van der Waals surface area contributed by atoms with E-state index >= 15 is 0 Å². The molecule has 1 aliphatic heterocycles. The standard InChI is InChI=1S/C11H17NO6/c13-2-1-3-18-6-11-4-7(9(14)15)12(10(16)17)8(11)5-11/h7-8,13H,1-6H2,(H,14,15)(H,16,17)/t7-,8-,11+/m0/s1. The lowest BCUT2D eigenvalue weighted by Crippen LogP contribution is -2.42. The van der Waals surface area contributed by atoms with Gasteiger partial charge in [0.05, 0.1) is 6.61 Å². The monoisotopic (exact) mass is 259 g/mol. The quantitative estimate of drug-likeness (QED) is 0.579. The minimum absolute atomic E-state index is 0.0510. The lowest BCUT2D eigenvalue weighted by molar-refractivity contribution is -0.142. The highest BCUT2D eigenvalue weighted by Crippen LogP contribution is 2.59. The zero-order chi connectivity index (χ0) is 13.3. The van der Waals surface area contributed by atoms with Crippen molar-refractivity contribution < 1.29 is 29.6 Å². The van der Waals surface area contributed by atoms with E-state index in [9.17, 15) is 9.59 Å². The summed E-state index contributed by atoms with van der Waals surface area (Å²) in [5.74, 6) is -1.10. The summed E-state index contributed by atoms with van der Waals surface area (Å²) in [7, 11) is 0. The Kier molecular flexibility index (Phi) is 3.45. The fourth-order valence-corrected chi connectivity index (χ4v) is 2.77. The van der Waals surface area contributed by atoms with Gasteiger partial charge < -0.3 is 20.1 Å². The summed E-state index contributed by atoms with van der Waals surface area (Å²) in [6.07, 6.45) is 0.342. The number of nitrogens with zero attached hydrogens (tertiary/aromatic N) is 1. The van der Waals surface area contributed by atoms with Crippen LogP contribution in [0.4, 0.5) is 4.79 Å². The summed E-state index contributed by atoms with van der Waals surface area (Å²) in [5, 5.41) is 26.7. The van der Waals surface area contributed by atoms with Crippen LogP contribution in [0.3, 0.4) is 0 Å². The SMILES string of the molecule is O=C(O)[C@@H]1C[C@]2(COCCCO)C[C@@H]2N1C(=O)O. The molecule has 2 rings (SSSR count). The molecule has 0 aromatic rings. The molecule has 0 radical (unpaired) electrons. The number of ether oxygens (including phenoxy) is 1. The number of fused-ring (bicyclic) bond motifs is 1. The normalized spacial score (nSPS) is 33.3. The van der Waals surface area contributed by atoms with Crippen LogP contribution in [0.1, 0.15) is 19.3 Å². The minimum atomic E-state index is -1.18. The van der Waals surface area contributed by atoms with Crippen molar-refractivity contribution in [3.05, 3.63) is 0 Å². The average molecular weight is 259 g/mol. The maximum absolute atomic E-state index is 11.1. The van der Waals surface area contributed by atoms with Crippen LogP contribution in [-0.4, -0.2) is 64.2 Å². The summed E-state index contributed by atoms with van der Waals surface area (Å²) in [6.45, 7) is 0.830. The van der Waals surface area contributed by atoms with E-state index in [4.69, 9.17) is 20.1 Å². The van der Waals surface area contributed by atoms with Gasteiger partial charge in [-0.1, -0.05) is 0 Å². The van der Waals surface area contributed by atoms with E-state index in [0.29, 0.717) is 32.5 Å². The third-order valence-electron chi connectivity index (χ3n) is 3.76. The third-order valence-corrected chi connectivity index (χ3v) is 3.76. The maximum Gasteiger partial charge on any atom is 0.408 e. The molecule has 0 spiro atoms. The molecule has 2 aliphatic rings. The van der Waals surface area contributed by atoms with Gasteiger partial charge >= 0.3 is 12.1 Å². The van der Waals surface area contributed by atoms with Crippen molar-refractivity contribution >= 4 is 12.1 Å². The number of hydrogen-bond acceptors (Lipinski definition) is 4. The molecule has 0 unspecified atom stereocenters. The van der Waals surface area contributed by atoms with Crippen molar-refractivity contribution in [1.82, 2.24) is 4.90 Å². The van der Waals surface area contributed by atoms with Gasteiger partial charge in [-0.15, -0.1) is 0 Å². The zero-order valence-corrected chi connectivity index (χ0v) is 9.91. The first kappa shape index (κ1) is 13.1. The van der Waals surface area contributed by atoms with Crippen molar-refractivity contribution in [2.24, 2.45) is 5.41 Å². The number of piperidine rings is 1. The summed E-state index contributed by atoms with van der Waals surface area (Å²) in [6, 6.07) is -1.19. The maximum atomic E-state index is 11.1. The number of aliphatic hydroxyl groups excluding tert-OH is 1. The molecular formula is C11H17NO6. The predicted octanol–water partition coefficient (Wildman–Crippen LogP) is -0.0190. The number of rotatable bonds is 6. The van der Waals surface area contributed by atoms with Crippen LogP contribution >= 0.6 is 0 Å². The molecule has 0 aromatic heterocycles. The number of amides is 1. The Morgan fingerprint density at radius 1 is 1.33 bits per heavy atom. The van der Waals surface area contributed by atoms with Gasteiger partial charge in [0.1, 0.15) is 6.04 Å². The molecule has 1 saturated carbocycles. The lowest BCUT2D eigenvalue weighted by atomic mass is 10.0. The van der Waals surface area contributed by atoms with Crippen molar-refractivity contribution in [2.45, 2.75) is 31.3 Å². The van der Waals surface area contributed by atoms with Crippen LogP contribution < -0.4 is 0 Å². The van der Waals surface area contributed by atoms with Crippen molar-refractivity contribution in [1.29, 1.82) is 0 Å². The summed E-state index contributed by atoms with van der Waals surface area (Å²) >= 11 is 0. The molecule has 0 aromatic carbocycles. The summed E-state index contributed by atoms with van der Waals surface area (Å²) in [4.78, 5) is 23.1. The van der Waals surface area contributed by atoms with Crippen molar-refractivity contribution in [2.75, 3.05) is 19.8 Å². The summed E-state index contributed by atoms with van der Waals surface area (Å²) < 4.78 is 5.39. The second kappa shape index (κ2) is 4.74. The molecular weight excluding hydrogens is 242 g/mol. The second-order valence-electron chi connectivity index (χ2n) is 4.96.